The Morgan fingerprint density at radius 3 is 2.85 bits per heavy atom. The summed E-state index contributed by atoms with van der Waals surface area (Å²) in [6, 6.07) is 6.32. The maximum absolute atomic E-state index is 4.74. The van der Waals surface area contributed by atoms with Crippen LogP contribution in [0.4, 0.5) is 11.6 Å². The second-order valence-corrected chi connectivity index (χ2v) is 7.10. The van der Waals surface area contributed by atoms with Crippen LogP contribution in [0.3, 0.4) is 0 Å². The lowest BCUT2D eigenvalue weighted by Crippen LogP contribution is -2.25. The van der Waals surface area contributed by atoms with Gasteiger partial charge in [-0.2, -0.15) is 0 Å². The van der Waals surface area contributed by atoms with Crippen molar-refractivity contribution in [3.63, 3.8) is 0 Å². The number of imidazole rings is 1. The van der Waals surface area contributed by atoms with Crippen LogP contribution in [0.25, 0.3) is 0 Å². The zero-order valence-corrected chi connectivity index (χ0v) is 16.1. The largest absolute Gasteiger partial charge is 0.337 e. The molecular weight excluding hydrogens is 338 g/mol. The van der Waals surface area contributed by atoms with Crippen molar-refractivity contribution in [2.75, 3.05) is 11.9 Å². The third-order valence-electron chi connectivity index (χ3n) is 5.08. The van der Waals surface area contributed by atoms with E-state index in [4.69, 9.17) is 4.98 Å². The number of anilines is 2. The van der Waals surface area contributed by atoms with Crippen LogP contribution in [0.5, 0.6) is 0 Å². The molecule has 0 bridgehead atoms. The lowest BCUT2D eigenvalue weighted by atomic mass is 10.1. The van der Waals surface area contributed by atoms with Gasteiger partial charge in [0.25, 0.3) is 0 Å². The highest BCUT2D eigenvalue weighted by molar-refractivity contribution is 5.55. The van der Waals surface area contributed by atoms with E-state index in [1.165, 1.54) is 6.42 Å². The van der Waals surface area contributed by atoms with Crippen molar-refractivity contribution in [2.24, 2.45) is 7.05 Å². The Bertz CT molecular complexity index is 934. The molecule has 3 aromatic heterocycles. The van der Waals surface area contributed by atoms with Gasteiger partial charge in [-0.3, -0.25) is 4.90 Å². The minimum absolute atomic E-state index is 0.286. The van der Waals surface area contributed by atoms with E-state index in [1.807, 2.05) is 45.4 Å². The summed E-state index contributed by atoms with van der Waals surface area (Å²) in [5.41, 5.74) is 2.15. The predicted molar refractivity (Wildman–Crippen MR) is 105 cm³/mol. The van der Waals surface area contributed by atoms with Crippen LogP contribution < -0.4 is 5.32 Å². The summed E-state index contributed by atoms with van der Waals surface area (Å²) in [7, 11) is 2.04. The van der Waals surface area contributed by atoms with Crippen molar-refractivity contribution in [3.8, 4) is 0 Å². The maximum atomic E-state index is 4.74. The van der Waals surface area contributed by atoms with Crippen LogP contribution in [-0.4, -0.2) is 35.9 Å². The fourth-order valence-electron chi connectivity index (χ4n) is 3.64. The molecule has 1 aliphatic rings. The van der Waals surface area contributed by atoms with Crippen molar-refractivity contribution in [1.82, 2.24) is 29.4 Å². The van der Waals surface area contributed by atoms with Crippen molar-refractivity contribution in [2.45, 2.75) is 39.3 Å². The topological polar surface area (TPSA) is 71.8 Å². The average Bonchev–Trinajstić information content (AvgIpc) is 3.26. The van der Waals surface area contributed by atoms with Gasteiger partial charge in [0.1, 0.15) is 23.3 Å². The molecule has 4 rings (SSSR count). The number of aromatic nitrogens is 5. The summed E-state index contributed by atoms with van der Waals surface area (Å²) in [6.45, 7) is 5.87. The smallest absolute Gasteiger partial charge is 0.135 e. The summed E-state index contributed by atoms with van der Waals surface area (Å²) in [6.07, 6.45) is 7.90. The number of nitrogens with one attached hydrogen (secondary N) is 1. The van der Waals surface area contributed by atoms with E-state index in [1.54, 1.807) is 6.20 Å². The fraction of sp³-hybridized carbons (Fsp3) is 0.400. The fourth-order valence-corrected chi connectivity index (χ4v) is 3.64. The monoisotopic (exact) mass is 363 g/mol. The molecule has 27 heavy (non-hydrogen) atoms. The second kappa shape index (κ2) is 7.44. The van der Waals surface area contributed by atoms with E-state index in [0.717, 1.165) is 54.1 Å². The molecule has 0 aromatic carbocycles. The minimum Gasteiger partial charge on any atom is -0.337 e. The first kappa shape index (κ1) is 17.6. The van der Waals surface area contributed by atoms with Crippen LogP contribution in [0, 0.1) is 13.8 Å². The highest BCUT2D eigenvalue weighted by Gasteiger charge is 2.28. The maximum Gasteiger partial charge on any atom is 0.135 e. The third-order valence-corrected chi connectivity index (χ3v) is 5.08. The number of hydrogen-bond acceptors (Lipinski definition) is 6. The molecule has 0 spiro atoms. The van der Waals surface area contributed by atoms with E-state index >= 15 is 0 Å². The number of rotatable bonds is 5. The van der Waals surface area contributed by atoms with E-state index < -0.39 is 0 Å². The first-order valence-electron chi connectivity index (χ1n) is 9.34. The summed E-state index contributed by atoms with van der Waals surface area (Å²) < 4.78 is 2.08. The van der Waals surface area contributed by atoms with Crippen LogP contribution in [0.15, 0.2) is 36.8 Å². The minimum atomic E-state index is 0.286. The molecule has 0 radical (unpaired) electrons. The molecular formula is C20H25N7. The quantitative estimate of drug-likeness (QED) is 0.750. The van der Waals surface area contributed by atoms with Crippen LogP contribution in [-0.2, 0) is 13.6 Å². The van der Waals surface area contributed by atoms with Gasteiger partial charge in [0, 0.05) is 31.7 Å². The van der Waals surface area contributed by atoms with E-state index in [-0.39, 0.29) is 6.04 Å². The Kier molecular flexibility index (Phi) is 4.85. The molecule has 1 aliphatic heterocycles. The van der Waals surface area contributed by atoms with Gasteiger partial charge in [-0.05, 0) is 44.9 Å². The Hall–Kier alpha value is -2.80. The summed E-state index contributed by atoms with van der Waals surface area (Å²) in [5, 5.41) is 3.35. The van der Waals surface area contributed by atoms with Gasteiger partial charge < -0.3 is 9.88 Å². The summed E-state index contributed by atoms with van der Waals surface area (Å²) in [4.78, 5) is 20.6. The lowest BCUT2D eigenvalue weighted by Gasteiger charge is -2.24. The second-order valence-electron chi connectivity index (χ2n) is 7.10. The number of nitrogens with zero attached hydrogens (tertiary/aromatic N) is 6. The zero-order chi connectivity index (χ0) is 18.8. The molecule has 1 fully saturated rings. The Morgan fingerprint density at radius 2 is 2.07 bits per heavy atom. The van der Waals surface area contributed by atoms with Crippen molar-refractivity contribution < 1.29 is 0 Å². The van der Waals surface area contributed by atoms with Gasteiger partial charge in [-0.15, -0.1) is 0 Å². The van der Waals surface area contributed by atoms with E-state index in [0.29, 0.717) is 0 Å². The molecule has 140 valence electrons. The molecule has 0 saturated carbocycles. The van der Waals surface area contributed by atoms with Crippen LogP contribution >= 0.6 is 0 Å². The summed E-state index contributed by atoms with van der Waals surface area (Å²) in [5.74, 6) is 3.48. The standard InChI is InChI=1S/C20H25N7/c1-14-6-4-8-22-20(14)25-18-12-16(23-15(2)24-18)17-7-5-10-27(17)13-19-21-9-11-26(19)3/h4,6,8-9,11-12,17H,5,7,10,13H2,1-3H3,(H,22,23,24,25)/t17-/m1/s1. The highest BCUT2D eigenvalue weighted by atomic mass is 15.2. The van der Waals surface area contributed by atoms with Crippen molar-refractivity contribution in [1.29, 1.82) is 0 Å². The van der Waals surface area contributed by atoms with Crippen molar-refractivity contribution in [3.05, 3.63) is 59.7 Å². The third kappa shape index (κ3) is 3.83. The first-order chi connectivity index (χ1) is 13.1. The lowest BCUT2D eigenvalue weighted by molar-refractivity contribution is 0.235. The van der Waals surface area contributed by atoms with E-state index in [2.05, 4.69) is 35.8 Å². The summed E-state index contributed by atoms with van der Waals surface area (Å²) >= 11 is 0. The highest BCUT2D eigenvalue weighted by Crippen LogP contribution is 2.33. The molecule has 0 unspecified atom stereocenters. The van der Waals surface area contributed by atoms with E-state index in [9.17, 15) is 0 Å². The molecule has 1 atom stereocenters. The molecule has 3 aromatic rings. The normalized spacial score (nSPS) is 17.4. The number of likely N-dealkylation sites (tertiary alicyclic amines) is 1. The molecule has 7 nitrogen and oxygen atoms in total. The van der Waals surface area contributed by atoms with Crippen molar-refractivity contribution >= 4 is 11.6 Å². The zero-order valence-electron chi connectivity index (χ0n) is 16.1. The van der Waals surface area contributed by atoms with Crippen LogP contribution in [0.1, 0.15) is 41.8 Å². The molecule has 0 aliphatic carbocycles. The van der Waals surface area contributed by atoms with Gasteiger partial charge in [0.2, 0.25) is 0 Å². The van der Waals surface area contributed by atoms with Gasteiger partial charge in [-0.1, -0.05) is 6.07 Å². The SMILES string of the molecule is Cc1nc(Nc2ncccc2C)cc([C@H]2CCCN2Cc2nccn2C)n1. The molecule has 4 heterocycles. The molecule has 0 amide bonds. The van der Waals surface area contributed by atoms with Gasteiger partial charge >= 0.3 is 0 Å². The Balaban J connectivity index is 1.58. The number of aryl methyl sites for hydroxylation is 3. The van der Waals surface area contributed by atoms with Gasteiger partial charge in [0.05, 0.1) is 18.3 Å². The first-order valence-corrected chi connectivity index (χ1v) is 9.34. The molecule has 7 heteroatoms. The number of hydrogen-bond donors (Lipinski definition) is 1. The Labute approximate surface area is 159 Å². The van der Waals surface area contributed by atoms with Gasteiger partial charge in [0.15, 0.2) is 0 Å². The van der Waals surface area contributed by atoms with Gasteiger partial charge in [-0.25, -0.2) is 19.9 Å². The average molecular weight is 363 g/mol. The predicted octanol–water partition coefficient (Wildman–Crippen LogP) is 3.30. The van der Waals surface area contributed by atoms with Crippen LogP contribution in [0.2, 0.25) is 0 Å². The molecule has 1 saturated heterocycles. The number of pyridine rings is 1. The molecule has 1 N–H and O–H groups in total. The Morgan fingerprint density at radius 1 is 1.19 bits per heavy atom.